The number of anilines is 2. The van der Waals surface area contributed by atoms with Gasteiger partial charge in [0.05, 0.1) is 30.1 Å². The molecule has 0 aliphatic heterocycles. The molecule has 1 aromatic carbocycles. The molecule has 1 aliphatic carbocycles. The minimum atomic E-state index is -5.01. The molecular weight excluding hydrogens is 578 g/mol. The van der Waals surface area contributed by atoms with E-state index in [9.17, 15) is 31.1 Å². The third-order valence-corrected chi connectivity index (χ3v) is 7.37. The van der Waals surface area contributed by atoms with Crippen LogP contribution in [0.3, 0.4) is 0 Å². The van der Waals surface area contributed by atoms with Gasteiger partial charge in [0.15, 0.2) is 0 Å². The molecule has 1 saturated carbocycles. The zero-order chi connectivity index (χ0) is 31.9. The summed E-state index contributed by atoms with van der Waals surface area (Å²) < 4.78 is 81.5. The summed E-state index contributed by atoms with van der Waals surface area (Å²) >= 11 is 0. The van der Waals surface area contributed by atoms with Crippen molar-refractivity contribution >= 4 is 23.4 Å². The number of alkyl halides is 6. The summed E-state index contributed by atoms with van der Waals surface area (Å²) in [6.45, 7) is 4.07. The van der Waals surface area contributed by atoms with Gasteiger partial charge in [-0.3, -0.25) is 4.79 Å². The molecule has 1 aromatic heterocycles. The van der Waals surface area contributed by atoms with Crippen LogP contribution in [0, 0.1) is 5.92 Å². The van der Waals surface area contributed by atoms with Crippen LogP contribution in [0.25, 0.3) is 0 Å². The molecule has 1 fully saturated rings. The van der Waals surface area contributed by atoms with Crippen molar-refractivity contribution in [2.24, 2.45) is 27.1 Å². The lowest BCUT2D eigenvalue weighted by atomic mass is 10.0. The molecular formula is C28H36F6N8O. The lowest BCUT2D eigenvalue weighted by Gasteiger charge is -2.31. The second-order valence-electron chi connectivity index (χ2n) is 10.5. The normalized spacial score (nSPS) is 14.9. The van der Waals surface area contributed by atoms with E-state index in [1.807, 2.05) is 6.92 Å². The topological polar surface area (TPSA) is 103 Å². The number of carbonyl (C=O) groups is 1. The van der Waals surface area contributed by atoms with Crippen LogP contribution in [0.15, 0.2) is 45.9 Å². The maximum atomic E-state index is 13.6. The Morgan fingerprint density at radius 3 is 2.14 bits per heavy atom. The molecule has 0 unspecified atom stereocenters. The number of amides is 1. The summed E-state index contributed by atoms with van der Waals surface area (Å²) in [6.07, 6.45) is -4.07. The van der Waals surface area contributed by atoms with Gasteiger partial charge in [-0.25, -0.2) is 4.98 Å². The maximum Gasteiger partial charge on any atom is 0.416 e. The molecule has 2 aromatic rings. The second-order valence-corrected chi connectivity index (χ2v) is 10.5. The van der Waals surface area contributed by atoms with E-state index in [-0.39, 0.29) is 30.0 Å². The zero-order valence-electron chi connectivity index (χ0n) is 24.5. The highest BCUT2D eigenvalue weighted by Crippen LogP contribution is 2.37. The standard InChI is InChI=1S/C28H36F6N8O/c1-5-41(15-19-8-6-7-9-19)25-21(12-24(14-37-25)40(4)18(2)43)17-42(26(35)38-39-36-3)16-20-10-22(27(29,30)31)13-23(11-20)28(32,33)34/h10-14,19H,5-9,15-17H2,1-4H3,(H2,35,36,38). The van der Waals surface area contributed by atoms with Crippen molar-refractivity contribution in [3.8, 4) is 0 Å². The minimum Gasteiger partial charge on any atom is -0.368 e. The number of nitrogens with zero attached hydrogens (tertiary/aromatic N) is 7. The highest BCUT2D eigenvalue weighted by atomic mass is 19.4. The Balaban J connectivity index is 2.12. The molecule has 3 rings (SSSR count). The fourth-order valence-electron chi connectivity index (χ4n) is 5.04. The molecule has 1 aliphatic rings. The van der Waals surface area contributed by atoms with E-state index in [0.29, 0.717) is 48.2 Å². The summed E-state index contributed by atoms with van der Waals surface area (Å²) in [4.78, 5) is 21.5. The Hall–Kier alpha value is -3.91. The lowest BCUT2D eigenvalue weighted by Crippen LogP contribution is -2.37. The number of guanidine groups is 1. The van der Waals surface area contributed by atoms with Crippen LogP contribution in [0.5, 0.6) is 0 Å². The fourth-order valence-corrected chi connectivity index (χ4v) is 5.04. The number of halogens is 6. The molecule has 0 saturated heterocycles. The average molecular weight is 615 g/mol. The first-order chi connectivity index (χ1) is 20.1. The molecule has 15 heteroatoms. The summed E-state index contributed by atoms with van der Waals surface area (Å²) in [5.41, 5.74) is 3.98. The smallest absolute Gasteiger partial charge is 0.368 e. The van der Waals surface area contributed by atoms with Crippen molar-refractivity contribution in [2.75, 3.05) is 37.0 Å². The first-order valence-corrected chi connectivity index (χ1v) is 13.8. The molecule has 43 heavy (non-hydrogen) atoms. The molecule has 0 atom stereocenters. The minimum absolute atomic E-state index is 0.0713. The predicted octanol–water partition coefficient (Wildman–Crippen LogP) is 6.43. The van der Waals surface area contributed by atoms with Crippen molar-refractivity contribution in [3.05, 3.63) is 52.7 Å². The van der Waals surface area contributed by atoms with Crippen LogP contribution >= 0.6 is 0 Å². The fraction of sp³-hybridized carbons (Fsp3) is 0.536. The predicted molar refractivity (Wildman–Crippen MR) is 151 cm³/mol. The maximum absolute atomic E-state index is 13.6. The van der Waals surface area contributed by atoms with Crippen LogP contribution < -0.4 is 15.5 Å². The third kappa shape index (κ3) is 9.04. The van der Waals surface area contributed by atoms with E-state index < -0.39 is 30.0 Å². The Kier molecular flexibility index (Phi) is 11.0. The van der Waals surface area contributed by atoms with E-state index in [2.05, 4.69) is 25.3 Å². The van der Waals surface area contributed by atoms with Gasteiger partial charge in [0.2, 0.25) is 11.9 Å². The van der Waals surface area contributed by atoms with Gasteiger partial charge in [0, 0.05) is 45.7 Å². The Morgan fingerprint density at radius 1 is 1.02 bits per heavy atom. The van der Waals surface area contributed by atoms with Gasteiger partial charge in [-0.05, 0) is 60.7 Å². The monoisotopic (exact) mass is 614 g/mol. The molecule has 1 amide bonds. The van der Waals surface area contributed by atoms with Gasteiger partial charge in [-0.15, -0.1) is 0 Å². The number of hydrogen-bond acceptors (Lipinski definition) is 5. The van der Waals surface area contributed by atoms with Gasteiger partial charge in [0.1, 0.15) is 5.82 Å². The molecule has 1 heterocycles. The number of benzene rings is 1. The lowest BCUT2D eigenvalue weighted by molar-refractivity contribution is -0.143. The van der Waals surface area contributed by atoms with Crippen molar-refractivity contribution in [1.29, 1.82) is 0 Å². The zero-order valence-corrected chi connectivity index (χ0v) is 24.5. The van der Waals surface area contributed by atoms with Gasteiger partial charge in [-0.2, -0.15) is 31.5 Å². The van der Waals surface area contributed by atoms with Gasteiger partial charge < -0.3 is 20.4 Å². The van der Waals surface area contributed by atoms with Crippen LogP contribution in [0.4, 0.5) is 37.8 Å². The molecule has 9 nitrogen and oxygen atoms in total. The summed E-state index contributed by atoms with van der Waals surface area (Å²) in [7, 11) is 2.89. The molecule has 0 spiro atoms. The first kappa shape index (κ1) is 33.6. The summed E-state index contributed by atoms with van der Waals surface area (Å²) in [6, 6.07) is 3.07. The van der Waals surface area contributed by atoms with Gasteiger partial charge in [-0.1, -0.05) is 17.9 Å². The SMILES string of the molecule is CCN(CC1CCCC1)c1ncc(N(C)C(C)=O)cc1CN(Cc1cc(C(F)(F)F)cc(C(F)(F)F)c1)/C(N)=N/N=NC. The first-order valence-electron chi connectivity index (χ1n) is 13.8. The Morgan fingerprint density at radius 2 is 1.63 bits per heavy atom. The number of rotatable bonds is 10. The largest absolute Gasteiger partial charge is 0.416 e. The molecule has 2 N–H and O–H groups in total. The third-order valence-electron chi connectivity index (χ3n) is 7.37. The Labute approximate surface area is 246 Å². The second kappa shape index (κ2) is 14.0. The summed E-state index contributed by atoms with van der Waals surface area (Å²) in [5.74, 6) is 0.466. The number of nitrogens with two attached hydrogens (primary N) is 1. The van der Waals surface area contributed by atoms with Gasteiger partial charge in [0.25, 0.3) is 0 Å². The van der Waals surface area contributed by atoms with Crippen LogP contribution in [0.2, 0.25) is 0 Å². The van der Waals surface area contributed by atoms with E-state index >= 15 is 0 Å². The van der Waals surface area contributed by atoms with Gasteiger partial charge >= 0.3 is 12.4 Å². The number of aromatic nitrogens is 1. The van der Waals surface area contributed by atoms with Crippen molar-refractivity contribution in [3.63, 3.8) is 0 Å². The number of carbonyl (C=O) groups excluding carboxylic acids is 1. The highest BCUT2D eigenvalue weighted by molar-refractivity contribution is 5.91. The molecule has 0 radical (unpaired) electrons. The van der Waals surface area contributed by atoms with Crippen molar-refractivity contribution < 1.29 is 31.1 Å². The number of pyridine rings is 1. The molecule has 0 bridgehead atoms. The number of hydrogen-bond donors (Lipinski definition) is 1. The van der Waals surface area contributed by atoms with E-state index in [1.54, 1.807) is 19.3 Å². The van der Waals surface area contributed by atoms with Crippen LogP contribution in [0.1, 0.15) is 61.8 Å². The van der Waals surface area contributed by atoms with Crippen LogP contribution in [-0.4, -0.2) is 48.9 Å². The average Bonchev–Trinajstić information content (AvgIpc) is 3.46. The van der Waals surface area contributed by atoms with Crippen molar-refractivity contribution in [1.82, 2.24) is 9.88 Å². The van der Waals surface area contributed by atoms with E-state index in [4.69, 9.17) is 5.73 Å². The van der Waals surface area contributed by atoms with Crippen molar-refractivity contribution in [2.45, 2.75) is 65.0 Å². The van der Waals surface area contributed by atoms with Crippen LogP contribution in [-0.2, 0) is 30.2 Å². The van der Waals surface area contributed by atoms with E-state index in [1.165, 1.54) is 23.8 Å². The highest BCUT2D eigenvalue weighted by Gasteiger charge is 2.37. The quantitative estimate of drug-likeness (QED) is 0.109. The summed E-state index contributed by atoms with van der Waals surface area (Å²) in [5, 5.41) is 10.8. The van der Waals surface area contributed by atoms with E-state index in [0.717, 1.165) is 25.7 Å². The molecule has 236 valence electrons. The Bertz CT molecular complexity index is 1290.